The van der Waals surface area contributed by atoms with Crippen LogP contribution >= 0.6 is 0 Å². The Labute approximate surface area is 88.3 Å². The molecule has 4 heteroatoms. The maximum Gasteiger partial charge on any atom is 0.339 e. The van der Waals surface area contributed by atoms with Gasteiger partial charge in [0.1, 0.15) is 6.07 Å². The third kappa shape index (κ3) is 2.99. The topological polar surface area (TPSA) is 76.1 Å². The predicted octanol–water partition coefficient (Wildman–Crippen LogP) is 1.65. The van der Waals surface area contributed by atoms with Gasteiger partial charge in [0.15, 0.2) is 6.10 Å². The summed E-state index contributed by atoms with van der Waals surface area (Å²) in [7, 11) is 0. The van der Waals surface area contributed by atoms with Gasteiger partial charge in [-0.15, -0.1) is 0 Å². The highest BCUT2D eigenvalue weighted by Gasteiger charge is 2.11. The first-order valence-corrected chi connectivity index (χ1v) is 4.50. The van der Waals surface area contributed by atoms with Gasteiger partial charge in [-0.05, 0) is 37.6 Å². The highest BCUT2D eigenvalue weighted by molar-refractivity contribution is 5.90. The summed E-state index contributed by atoms with van der Waals surface area (Å²) in [6, 6.07) is 6.77. The Morgan fingerprint density at radius 3 is 2.73 bits per heavy atom. The van der Waals surface area contributed by atoms with Crippen LogP contribution in [-0.4, -0.2) is 12.1 Å². The van der Waals surface area contributed by atoms with Crippen LogP contribution in [0.5, 0.6) is 0 Å². The van der Waals surface area contributed by atoms with Gasteiger partial charge in [-0.3, -0.25) is 0 Å². The van der Waals surface area contributed by atoms with Crippen molar-refractivity contribution in [2.45, 2.75) is 20.0 Å². The number of nitrogen functional groups attached to an aromatic ring is 1. The van der Waals surface area contributed by atoms with Gasteiger partial charge in [0.05, 0.1) is 5.56 Å². The monoisotopic (exact) mass is 204 g/mol. The first-order valence-electron chi connectivity index (χ1n) is 4.50. The number of hydrogen-bond donors (Lipinski definition) is 1. The molecule has 15 heavy (non-hydrogen) atoms. The Morgan fingerprint density at radius 1 is 1.53 bits per heavy atom. The van der Waals surface area contributed by atoms with Crippen LogP contribution in [-0.2, 0) is 4.74 Å². The molecule has 1 unspecified atom stereocenters. The number of nitrogens with two attached hydrogens (primary N) is 1. The number of carbonyl (C=O) groups is 1. The molecule has 0 fully saturated rings. The Balaban J connectivity index is 2.88. The molecule has 1 atom stereocenters. The first kappa shape index (κ1) is 11.1. The third-order valence-corrected chi connectivity index (χ3v) is 1.80. The number of aryl methyl sites for hydroxylation is 1. The highest BCUT2D eigenvalue weighted by atomic mass is 16.5. The molecule has 0 aliphatic rings. The minimum atomic E-state index is -0.751. The van der Waals surface area contributed by atoms with Gasteiger partial charge in [0, 0.05) is 5.69 Å². The molecular formula is C11H12N2O2. The van der Waals surface area contributed by atoms with E-state index in [0.717, 1.165) is 5.56 Å². The zero-order valence-electron chi connectivity index (χ0n) is 8.65. The quantitative estimate of drug-likeness (QED) is 0.587. The lowest BCUT2D eigenvalue weighted by Crippen LogP contribution is -2.13. The fourth-order valence-corrected chi connectivity index (χ4v) is 1.19. The van der Waals surface area contributed by atoms with Crippen LogP contribution in [0.2, 0.25) is 0 Å². The Hall–Kier alpha value is -2.02. The van der Waals surface area contributed by atoms with Gasteiger partial charge < -0.3 is 10.5 Å². The summed E-state index contributed by atoms with van der Waals surface area (Å²) in [6.07, 6.45) is -0.751. The largest absolute Gasteiger partial charge is 0.444 e. The molecule has 0 amide bonds. The van der Waals surface area contributed by atoms with E-state index in [1.54, 1.807) is 12.1 Å². The molecule has 0 aromatic heterocycles. The van der Waals surface area contributed by atoms with E-state index in [9.17, 15) is 4.79 Å². The van der Waals surface area contributed by atoms with Crippen molar-refractivity contribution in [2.24, 2.45) is 0 Å². The average Bonchev–Trinajstić information content (AvgIpc) is 2.16. The third-order valence-electron chi connectivity index (χ3n) is 1.80. The van der Waals surface area contributed by atoms with E-state index in [1.165, 1.54) is 13.0 Å². The highest BCUT2D eigenvalue weighted by Crippen LogP contribution is 2.12. The number of ether oxygens (including phenoxy) is 1. The summed E-state index contributed by atoms with van der Waals surface area (Å²) >= 11 is 0. The molecule has 1 rings (SSSR count). The van der Waals surface area contributed by atoms with Crippen LogP contribution in [0.1, 0.15) is 22.8 Å². The number of benzene rings is 1. The number of nitrogens with zero attached hydrogens (tertiary/aromatic N) is 1. The minimum Gasteiger partial charge on any atom is -0.444 e. The second kappa shape index (κ2) is 4.47. The van der Waals surface area contributed by atoms with Crippen molar-refractivity contribution < 1.29 is 9.53 Å². The van der Waals surface area contributed by atoms with Crippen LogP contribution < -0.4 is 5.73 Å². The van der Waals surface area contributed by atoms with Gasteiger partial charge in [0.2, 0.25) is 0 Å². The van der Waals surface area contributed by atoms with E-state index in [2.05, 4.69) is 0 Å². The number of hydrogen-bond acceptors (Lipinski definition) is 4. The molecule has 4 nitrogen and oxygen atoms in total. The molecule has 1 aromatic carbocycles. The van der Waals surface area contributed by atoms with Crippen molar-refractivity contribution in [1.82, 2.24) is 0 Å². The number of anilines is 1. The van der Waals surface area contributed by atoms with Crippen LogP contribution in [0.4, 0.5) is 5.69 Å². The SMILES string of the molecule is Cc1cc(N)cc(C(=O)OC(C)C#N)c1. The molecule has 0 saturated heterocycles. The summed E-state index contributed by atoms with van der Waals surface area (Å²) in [6.45, 7) is 3.35. The van der Waals surface area contributed by atoms with Crippen LogP contribution in [0, 0.1) is 18.3 Å². The molecule has 0 aliphatic heterocycles. The summed E-state index contributed by atoms with van der Waals surface area (Å²) in [5.41, 5.74) is 7.34. The van der Waals surface area contributed by atoms with E-state index < -0.39 is 12.1 Å². The molecule has 0 heterocycles. The van der Waals surface area contributed by atoms with E-state index >= 15 is 0 Å². The molecule has 0 aliphatic carbocycles. The van der Waals surface area contributed by atoms with Crippen molar-refractivity contribution in [2.75, 3.05) is 5.73 Å². The second-order valence-electron chi connectivity index (χ2n) is 3.31. The lowest BCUT2D eigenvalue weighted by atomic mass is 10.1. The summed E-state index contributed by atoms with van der Waals surface area (Å²) in [5, 5.41) is 8.49. The molecular weight excluding hydrogens is 192 g/mol. The Morgan fingerprint density at radius 2 is 2.20 bits per heavy atom. The molecule has 1 aromatic rings. The van der Waals surface area contributed by atoms with Gasteiger partial charge in [-0.1, -0.05) is 0 Å². The summed E-state index contributed by atoms with van der Waals surface area (Å²) in [5.74, 6) is -0.528. The number of nitriles is 1. The lowest BCUT2D eigenvalue weighted by molar-refractivity contribution is 0.0435. The van der Waals surface area contributed by atoms with Gasteiger partial charge >= 0.3 is 5.97 Å². The van der Waals surface area contributed by atoms with Crippen molar-refractivity contribution >= 4 is 11.7 Å². The standard InChI is InChI=1S/C11H12N2O2/c1-7-3-9(5-10(13)4-7)11(14)15-8(2)6-12/h3-5,8H,13H2,1-2H3. The Bertz CT molecular complexity index is 401. The van der Waals surface area contributed by atoms with E-state index in [-0.39, 0.29) is 0 Å². The molecule has 78 valence electrons. The first-order chi connectivity index (χ1) is 7.02. The smallest absolute Gasteiger partial charge is 0.339 e. The fourth-order valence-electron chi connectivity index (χ4n) is 1.19. The Kier molecular flexibility index (Phi) is 3.29. The van der Waals surface area contributed by atoms with Gasteiger partial charge in [-0.2, -0.15) is 5.26 Å². The van der Waals surface area contributed by atoms with Crippen LogP contribution in [0.15, 0.2) is 18.2 Å². The molecule has 0 saturated carbocycles. The van der Waals surface area contributed by atoms with Crippen molar-refractivity contribution in [3.8, 4) is 6.07 Å². The number of rotatable bonds is 2. The fraction of sp³-hybridized carbons (Fsp3) is 0.273. The number of esters is 1. The molecule has 0 radical (unpaired) electrons. The molecule has 2 N–H and O–H groups in total. The minimum absolute atomic E-state index is 0.370. The van der Waals surface area contributed by atoms with Crippen molar-refractivity contribution in [3.63, 3.8) is 0 Å². The zero-order chi connectivity index (χ0) is 11.4. The van der Waals surface area contributed by atoms with Crippen LogP contribution in [0.25, 0.3) is 0 Å². The average molecular weight is 204 g/mol. The molecule has 0 bridgehead atoms. The van der Waals surface area contributed by atoms with Gasteiger partial charge in [-0.25, -0.2) is 4.79 Å². The predicted molar refractivity (Wildman–Crippen MR) is 56.1 cm³/mol. The maximum atomic E-state index is 11.5. The lowest BCUT2D eigenvalue weighted by Gasteiger charge is -2.07. The van der Waals surface area contributed by atoms with Crippen molar-refractivity contribution in [3.05, 3.63) is 29.3 Å². The normalized spacial score (nSPS) is 11.5. The maximum absolute atomic E-state index is 11.5. The zero-order valence-corrected chi connectivity index (χ0v) is 8.65. The van der Waals surface area contributed by atoms with Crippen molar-refractivity contribution in [1.29, 1.82) is 5.26 Å². The van der Waals surface area contributed by atoms with E-state index in [1.807, 2.05) is 13.0 Å². The van der Waals surface area contributed by atoms with Gasteiger partial charge in [0.25, 0.3) is 0 Å². The van der Waals surface area contributed by atoms with E-state index in [0.29, 0.717) is 11.3 Å². The second-order valence-corrected chi connectivity index (χ2v) is 3.31. The van der Waals surface area contributed by atoms with E-state index in [4.69, 9.17) is 15.7 Å². The number of carbonyl (C=O) groups excluding carboxylic acids is 1. The summed E-state index contributed by atoms with van der Waals surface area (Å²) < 4.78 is 4.84. The van der Waals surface area contributed by atoms with Crippen LogP contribution in [0.3, 0.4) is 0 Å². The summed E-state index contributed by atoms with van der Waals surface area (Å²) in [4.78, 5) is 11.5. The molecule has 0 spiro atoms.